The number of amidine groups is 1. The third-order valence-electron chi connectivity index (χ3n) is 4.00. The maximum Gasteiger partial charge on any atom is 0.153 e. The third kappa shape index (κ3) is 4.97. The van der Waals surface area contributed by atoms with Crippen LogP contribution < -0.4 is 5.73 Å². The molecule has 0 aliphatic carbocycles. The number of rotatable bonds is 6. The molecule has 2 aliphatic rings. The quantitative estimate of drug-likeness (QED) is 0.314. The largest absolute Gasteiger partial charge is 0.409 e. The van der Waals surface area contributed by atoms with Gasteiger partial charge in [0.05, 0.1) is 12.6 Å². The molecule has 2 aliphatic heterocycles. The van der Waals surface area contributed by atoms with Crippen molar-refractivity contribution in [1.29, 1.82) is 0 Å². The number of nitrogens with zero attached hydrogens (tertiary/aromatic N) is 3. The van der Waals surface area contributed by atoms with Crippen molar-refractivity contribution in [2.75, 3.05) is 45.9 Å². The van der Waals surface area contributed by atoms with Crippen molar-refractivity contribution in [3.05, 3.63) is 0 Å². The lowest BCUT2D eigenvalue weighted by atomic mass is 10.1. The van der Waals surface area contributed by atoms with Gasteiger partial charge in [-0.15, -0.1) is 0 Å². The Bertz CT molecular complexity index is 284. The van der Waals surface area contributed by atoms with Crippen molar-refractivity contribution in [3.8, 4) is 0 Å². The molecule has 2 rings (SSSR count). The average molecular weight is 270 g/mol. The Balaban J connectivity index is 1.55. The van der Waals surface area contributed by atoms with E-state index in [1.165, 1.54) is 25.7 Å². The monoisotopic (exact) mass is 270 g/mol. The Hall–Kier alpha value is -0.850. The zero-order valence-electron chi connectivity index (χ0n) is 11.6. The van der Waals surface area contributed by atoms with E-state index in [2.05, 4.69) is 15.0 Å². The zero-order chi connectivity index (χ0) is 13.5. The molecule has 2 heterocycles. The Labute approximate surface area is 115 Å². The minimum absolute atomic E-state index is 0.298. The number of nitrogens with two attached hydrogens (primary N) is 1. The molecule has 0 amide bonds. The lowest BCUT2D eigenvalue weighted by molar-refractivity contribution is 0.0932. The van der Waals surface area contributed by atoms with Crippen LogP contribution in [-0.4, -0.2) is 72.8 Å². The zero-order valence-corrected chi connectivity index (χ0v) is 11.6. The molecule has 0 radical (unpaired) electrons. The van der Waals surface area contributed by atoms with E-state index in [0.29, 0.717) is 18.5 Å². The van der Waals surface area contributed by atoms with E-state index < -0.39 is 0 Å². The highest BCUT2D eigenvalue weighted by atomic mass is 16.5. The van der Waals surface area contributed by atoms with E-state index in [1.54, 1.807) is 0 Å². The van der Waals surface area contributed by atoms with Crippen molar-refractivity contribution in [2.45, 2.75) is 31.8 Å². The lowest BCUT2D eigenvalue weighted by Gasteiger charge is -2.34. The van der Waals surface area contributed by atoms with Crippen LogP contribution in [0.4, 0.5) is 0 Å². The van der Waals surface area contributed by atoms with E-state index in [0.717, 1.165) is 39.3 Å². The Morgan fingerprint density at radius 2 is 2.00 bits per heavy atom. The highest BCUT2D eigenvalue weighted by Crippen LogP contribution is 2.17. The lowest BCUT2D eigenvalue weighted by Crippen LogP contribution is -2.49. The smallest absolute Gasteiger partial charge is 0.153 e. The SMILES string of the molecule is NC(CN1CCN(CCCC2CCCO2)CC1)=NO. The maximum atomic E-state index is 8.55. The van der Waals surface area contributed by atoms with Crippen molar-refractivity contribution in [2.24, 2.45) is 10.9 Å². The number of oxime groups is 1. The molecule has 0 aromatic heterocycles. The summed E-state index contributed by atoms with van der Waals surface area (Å²) in [6, 6.07) is 0. The molecule has 0 spiro atoms. The molecular formula is C13H26N4O2. The van der Waals surface area contributed by atoms with Gasteiger partial charge in [-0.1, -0.05) is 5.16 Å². The number of hydrogen-bond donors (Lipinski definition) is 2. The van der Waals surface area contributed by atoms with E-state index >= 15 is 0 Å². The summed E-state index contributed by atoms with van der Waals surface area (Å²) in [5.74, 6) is 0.298. The average Bonchev–Trinajstić information content (AvgIpc) is 2.94. The predicted molar refractivity (Wildman–Crippen MR) is 74.5 cm³/mol. The van der Waals surface area contributed by atoms with Crippen LogP contribution in [0.1, 0.15) is 25.7 Å². The summed E-state index contributed by atoms with van der Waals surface area (Å²) in [4.78, 5) is 4.73. The van der Waals surface area contributed by atoms with Gasteiger partial charge in [-0.3, -0.25) is 4.90 Å². The van der Waals surface area contributed by atoms with E-state index in [1.807, 2.05) is 0 Å². The van der Waals surface area contributed by atoms with Gasteiger partial charge in [0.2, 0.25) is 0 Å². The first-order valence-corrected chi connectivity index (χ1v) is 7.30. The van der Waals surface area contributed by atoms with E-state index in [4.69, 9.17) is 15.7 Å². The van der Waals surface area contributed by atoms with Crippen molar-refractivity contribution in [1.82, 2.24) is 9.80 Å². The Kier molecular flexibility index (Phi) is 5.88. The molecule has 2 fully saturated rings. The van der Waals surface area contributed by atoms with Crippen molar-refractivity contribution >= 4 is 5.84 Å². The van der Waals surface area contributed by atoms with Gasteiger partial charge in [-0.2, -0.15) is 0 Å². The van der Waals surface area contributed by atoms with Crippen LogP contribution in [-0.2, 0) is 4.74 Å². The Morgan fingerprint density at radius 3 is 2.63 bits per heavy atom. The molecule has 6 nitrogen and oxygen atoms in total. The van der Waals surface area contributed by atoms with E-state index in [9.17, 15) is 0 Å². The summed E-state index contributed by atoms with van der Waals surface area (Å²) in [7, 11) is 0. The highest BCUT2D eigenvalue weighted by Gasteiger charge is 2.19. The molecule has 3 N–H and O–H groups in total. The third-order valence-corrected chi connectivity index (χ3v) is 4.00. The molecule has 0 aromatic carbocycles. The van der Waals surface area contributed by atoms with E-state index in [-0.39, 0.29) is 0 Å². The molecule has 1 unspecified atom stereocenters. The first kappa shape index (κ1) is 14.6. The topological polar surface area (TPSA) is 74.3 Å². The molecular weight excluding hydrogens is 244 g/mol. The molecule has 0 aromatic rings. The number of ether oxygens (including phenoxy) is 1. The van der Waals surface area contributed by atoms with Crippen LogP contribution in [0, 0.1) is 0 Å². The normalized spacial score (nSPS) is 26.9. The van der Waals surface area contributed by atoms with Crippen LogP contribution in [0.15, 0.2) is 5.16 Å². The van der Waals surface area contributed by atoms with Crippen molar-refractivity contribution < 1.29 is 9.94 Å². The fourth-order valence-corrected chi connectivity index (χ4v) is 2.85. The second-order valence-corrected chi connectivity index (χ2v) is 5.49. The van der Waals surface area contributed by atoms with Gasteiger partial charge in [0.15, 0.2) is 5.84 Å². The molecule has 1 atom stereocenters. The van der Waals surface area contributed by atoms with Gasteiger partial charge in [0, 0.05) is 32.8 Å². The van der Waals surface area contributed by atoms with Crippen LogP contribution in [0.2, 0.25) is 0 Å². The number of piperazine rings is 1. The molecule has 6 heteroatoms. The summed E-state index contributed by atoms with van der Waals surface area (Å²) < 4.78 is 5.64. The molecule has 110 valence electrons. The first-order chi connectivity index (χ1) is 9.28. The van der Waals surface area contributed by atoms with Crippen LogP contribution in [0.3, 0.4) is 0 Å². The summed E-state index contributed by atoms with van der Waals surface area (Å²) >= 11 is 0. The summed E-state index contributed by atoms with van der Waals surface area (Å²) in [6.07, 6.45) is 5.42. The summed E-state index contributed by atoms with van der Waals surface area (Å²) in [6.45, 7) is 6.83. The maximum absolute atomic E-state index is 8.55. The highest BCUT2D eigenvalue weighted by molar-refractivity contribution is 5.81. The molecule has 2 saturated heterocycles. The molecule has 19 heavy (non-hydrogen) atoms. The first-order valence-electron chi connectivity index (χ1n) is 7.30. The summed E-state index contributed by atoms with van der Waals surface area (Å²) in [5, 5.41) is 11.6. The second-order valence-electron chi connectivity index (χ2n) is 5.49. The van der Waals surface area contributed by atoms with Crippen LogP contribution in [0.25, 0.3) is 0 Å². The summed E-state index contributed by atoms with van der Waals surface area (Å²) in [5.41, 5.74) is 5.52. The predicted octanol–water partition coefficient (Wildman–Crippen LogP) is 0.310. The van der Waals surface area contributed by atoms with Gasteiger partial charge < -0.3 is 20.6 Å². The molecule has 0 bridgehead atoms. The van der Waals surface area contributed by atoms with Crippen LogP contribution in [0.5, 0.6) is 0 Å². The second kappa shape index (κ2) is 7.67. The molecule has 0 saturated carbocycles. The fourth-order valence-electron chi connectivity index (χ4n) is 2.85. The van der Waals surface area contributed by atoms with Gasteiger partial charge in [0.1, 0.15) is 0 Å². The number of hydrogen-bond acceptors (Lipinski definition) is 5. The van der Waals surface area contributed by atoms with Gasteiger partial charge in [0.25, 0.3) is 0 Å². The van der Waals surface area contributed by atoms with Gasteiger partial charge >= 0.3 is 0 Å². The Morgan fingerprint density at radius 1 is 1.26 bits per heavy atom. The van der Waals surface area contributed by atoms with Gasteiger partial charge in [-0.25, -0.2) is 0 Å². The van der Waals surface area contributed by atoms with Crippen molar-refractivity contribution in [3.63, 3.8) is 0 Å². The standard InChI is InChI=1S/C13H26N4O2/c14-13(15-18)11-17-8-6-16(7-9-17)5-1-3-12-4-2-10-19-12/h12,18H,1-11H2,(H2,14,15). The van der Waals surface area contributed by atoms with Crippen LogP contribution >= 0.6 is 0 Å². The van der Waals surface area contributed by atoms with Gasteiger partial charge in [-0.05, 0) is 32.2 Å². The minimum atomic E-state index is 0.298. The fraction of sp³-hybridized carbons (Fsp3) is 0.923. The minimum Gasteiger partial charge on any atom is -0.409 e.